The van der Waals surface area contributed by atoms with E-state index in [4.69, 9.17) is 9.47 Å². The van der Waals surface area contributed by atoms with Crippen LogP contribution in [0.4, 0.5) is 0 Å². The summed E-state index contributed by atoms with van der Waals surface area (Å²) < 4.78 is 11.3. The SMILES string of the molecule is CC(=O)O[C@@H]1c2ccccc2-c2c(C)cc3c(c2[C@H]1OC(C)=O)CCC3=O. The van der Waals surface area contributed by atoms with Crippen molar-refractivity contribution < 1.29 is 23.9 Å². The Bertz CT molecular complexity index is 988. The van der Waals surface area contributed by atoms with Crippen LogP contribution in [-0.4, -0.2) is 17.7 Å². The Hall–Kier alpha value is -2.95. The maximum Gasteiger partial charge on any atom is 0.303 e. The second kappa shape index (κ2) is 6.34. The third-order valence-corrected chi connectivity index (χ3v) is 5.26. The number of carbonyl (C=O) groups is 3. The minimum Gasteiger partial charge on any atom is -0.453 e. The summed E-state index contributed by atoms with van der Waals surface area (Å²) >= 11 is 0. The zero-order chi connectivity index (χ0) is 19.3. The van der Waals surface area contributed by atoms with Gasteiger partial charge in [-0.05, 0) is 41.7 Å². The summed E-state index contributed by atoms with van der Waals surface area (Å²) in [7, 11) is 0. The summed E-state index contributed by atoms with van der Waals surface area (Å²) in [4.78, 5) is 36.0. The van der Waals surface area contributed by atoms with Crippen molar-refractivity contribution in [1.29, 1.82) is 0 Å². The number of fused-ring (bicyclic) bond motifs is 5. The summed E-state index contributed by atoms with van der Waals surface area (Å²) in [6.07, 6.45) is -0.464. The number of ether oxygens (including phenoxy) is 2. The summed E-state index contributed by atoms with van der Waals surface area (Å²) in [6, 6.07) is 9.59. The van der Waals surface area contributed by atoms with Crippen molar-refractivity contribution in [3.63, 3.8) is 0 Å². The molecule has 2 aromatic carbocycles. The van der Waals surface area contributed by atoms with Crippen LogP contribution in [0, 0.1) is 6.92 Å². The van der Waals surface area contributed by atoms with Crippen molar-refractivity contribution in [2.75, 3.05) is 0 Å². The Morgan fingerprint density at radius 1 is 0.963 bits per heavy atom. The molecule has 2 aromatic rings. The van der Waals surface area contributed by atoms with Crippen molar-refractivity contribution in [3.8, 4) is 11.1 Å². The number of rotatable bonds is 2. The molecule has 2 aliphatic rings. The van der Waals surface area contributed by atoms with E-state index in [2.05, 4.69) is 0 Å². The molecule has 5 nitrogen and oxygen atoms in total. The van der Waals surface area contributed by atoms with E-state index in [0.717, 1.165) is 33.4 Å². The van der Waals surface area contributed by atoms with E-state index in [1.807, 2.05) is 37.3 Å². The first-order valence-corrected chi connectivity index (χ1v) is 9.01. The summed E-state index contributed by atoms with van der Waals surface area (Å²) in [5, 5.41) is 0. The lowest BCUT2D eigenvalue weighted by Gasteiger charge is -2.36. The molecule has 5 heteroatoms. The average Bonchev–Trinajstić information content (AvgIpc) is 2.97. The molecule has 0 spiro atoms. The molecule has 0 saturated carbocycles. The number of Topliss-reactive ketones (excluding diaryl/α,β-unsaturated/α-hetero) is 1. The molecule has 4 rings (SSSR count). The van der Waals surface area contributed by atoms with Gasteiger partial charge in [0.25, 0.3) is 0 Å². The van der Waals surface area contributed by atoms with E-state index in [0.29, 0.717) is 18.4 Å². The molecule has 0 fully saturated rings. The maximum absolute atomic E-state index is 12.3. The Morgan fingerprint density at radius 2 is 1.63 bits per heavy atom. The van der Waals surface area contributed by atoms with Crippen LogP contribution < -0.4 is 0 Å². The van der Waals surface area contributed by atoms with Gasteiger partial charge in [-0.3, -0.25) is 14.4 Å². The Morgan fingerprint density at radius 3 is 2.33 bits per heavy atom. The highest BCUT2D eigenvalue weighted by Gasteiger charge is 2.42. The Balaban J connectivity index is 2.05. The van der Waals surface area contributed by atoms with Gasteiger partial charge in [-0.2, -0.15) is 0 Å². The minimum atomic E-state index is -0.768. The van der Waals surface area contributed by atoms with Gasteiger partial charge in [0.15, 0.2) is 18.0 Å². The summed E-state index contributed by atoms with van der Waals surface area (Å²) in [5.41, 5.74) is 6.05. The number of benzene rings is 2. The molecule has 0 N–H and O–H groups in total. The zero-order valence-electron chi connectivity index (χ0n) is 15.5. The molecule has 138 valence electrons. The van der Waals surface area contributed by atoms with Gasteiger partial charge < -0.3 is 9.47 Å². The van der Waals surface area contributed by atoms with E-state index in [9.17, 15) is 14.4 Å². The van der Waals surface area contributed by atoms with Gasteiger partial charge in [-0.1, -0.05) is 24.3 Å². The topological polar surface area (TPSA) is 69.7 Å². The standard InChI is InChI=1S/C22H20O5/c1-11-10-17-15(8-9-18(17)25)20-19(11)14-6-4-5-7-16(14)21(26-12(2)23)22(20)27-13(3)24/h4-7,10,21-22H,8-9H2,1-3H3/t21-,22-/m1/s1. The molecule has 2 aliphatic carbocycles. The van der Waals surface area contributed by atoms with Crippen LogP contribution in [0.5, 0.6) is 0 Å². The molecule has 0 radical (unpaired) electrons. The number of aryl methyl sites for hydroxylation is 1. The predicted octanol–water partition coefficient (Wildman–Crippen LogP) is 4.01. The smallest absolute Gasteiger partial charge is 0.303 e. The van der Waals surface area contributed by atoms with Crippen LogP contribution in [0.15, 0.2) is 30.3 Å². The molecule has 2 atom stereocenters. The van der Waals surface area contributed by atoms with Gasteiger partial charge in [0, 0.05) is 37.0 Å². The summed E-state index contributed by atoms with van der Waals surface area (Å²) in [5.74, 6) is -0.807. The molecule has 0 amide bonds. The molecular formula is C22H20O5. The first-order chi connectivity index (χ1) is 12.9. The zero-order valence-corrected chi connectivity index (χ0v) is 15.5. The average molecular weight is 364 g/mol. The normalized spacial score (nSPS) is 19.7. The van der Waals surface area contributed by atoms with E-state index in [1.54, 1.807) is 0 Å². The largest absolute Gasteiger partial charge is 0.453 e. The van der Waals surface area contributed by atoms with Gasteiger partial charge in [-0.15, -0.1) is 0 Å². The van der Waals surface area contributed by atoms with E-state index in [1.165, 1.54) is 13.8 Å². The van der Waals surface area contributed by atoms with Crippen molar-refractivity contribution in [1.82, 2.24) is 0 Å². The first-order valence-electron chi connectivity index (χ1n) is 9.01. The minimum absolute atomic E-state index is 0.0976. The van der Waals surface area contributed by atoms with Crippen molar-refractivity contribution in [2.24, 2.45) is 0 Å². The molecule has 0 saturated heterocycles. The van der Waals surface area contributed by atoms with E-state index >= 15 is 0 Å². The molecule has 0 unspecified atom stereocenters. The Labute approximate surface area is 157 Å². The summed E-state index contributed by atoms with van der Waals surface area (Å²) in [6.45, 7) is 4.64. The highest BCUT2D eigenvalue weighted by molar-refractivity contribution is 6.02. The van der Waals surface area contributed by atoms with Crippen LogP contribution in [0.2, 0.25) is 0 Å². The number of carbonyl (C=O) groups excluding carboxylic acids is 3. The lowest BCUT2D eigenvalue weighted by atomic mass is 9.76. The fourth-order valence-corrected chi connectivity index (χ4v) is 4.34. The van der Waals surface area contributed by atoms with Crippen molar-refractivity contribution >= 4 is 17.7 Å². The molecule has 0 aliphatic heterocycles. The molecule has 27 heavy (non-hydrogen) atoms. The van der Waals surface area contributed by atoms with Crippen molar-refractivity contribution in [3.05, 3.63) is 58.1 Å². The van der Waals surface area contributed by atoms with Crippen LogP contribution >= 0.6 is 0 Å². The van der Waals surface area contributed by atoms with Gasteiger partial charge in [-0.25, -0.2) is 0 Å². The van der Waals surface area contributed by atoms with Crippen molar-refractivity contribution in [2.45, 2.75) is 45.8 Å². The second-order valence-corrected chi connectivity index (χ2v) is 7.08. The predicted molar refractivity (Wildman–Crippen MR) is 98.3 cm³/mol. The highest BCUT2D eigenvalue weighted by atomic mass is 16.6. The second-order valence-electron chi connectivity index (χ2n) is 7.08. The third-order valence-electron chi connectivity index (χ3n) is 5.26. The maximum atomic E-state index is 12.3. The fourth-order valence-electron chi connectivity index (χ4n) is 4.34. The van der Waals surface area contributed by atoms with Gasteiger partial charge >= 0.3 is 11.9 Å². The lowest BCUT2D eigenvalue weighted by Crippen LogP contribution is -2.27. The molecule has 0 bridgehead atoms. The van der Waals surface area contributed by atoms with Gasteiger partial charge in [0.05, 0.1) is 0 Å². The fraction of sp³-hybridized carbons (Fsp3) is 0.318. The lowest BCUT2D eigenvalue weighted by molar-refractivity contribution is -0.167. The van der Waals surface area contributed by atoms with Crippen LogP contribution in [0.1, 0.15) is 65.1 Å². The van der Waals surface area contributed by atoms with Crippen LogP contribution in [0.3, 0.4) is 0 Å². The van der Waals surface area contributed by atoms with Gasteiger partial charge in [0.1, 0.15) is 0 Å². The number of hydrogen-bond acceptors (Lipinski definition) is 5. The number of esters is 2. The van der Waals surface area contributed by atoms with Crippen LogP contribution in [0.25, 0.3) is 11.1 Å². The molecule has 0 heterocycles. The van der Waals surface area contributed by atoms with E-state index in [-0.39, 0.29) is 5.78 Å². The molecule has 0 aromatic heterocycles. The van der Waals surface area contributed by atoms with Gasteiger partial charge in [0.2, 0.25) is 0 Å². The van der Waals surface area contributed by atoms with E-state index < -0.39 is 24.1 Å². The number of hydrogen-bond donors (Lipinski definition) is 0. The van der Waals surface area contributed by atoms with Crippen LogP contribution in [-0.2, 0) is 25.5 Å². The quantitative estimate of drug-likeness (QED) is 0.753. The Kier molecular flexibility index (Phi) is 4.10. The monoisotopic (exact) mass is 364 g/mol. The molecular weight excluding hydrogens is 344 g/mol. The first kappa shape index (κ1) is 17.5. The third kappa shape index (κ3) is 2.74. The highest BCUT2D eigenvalue weighted by Crippen LogP contribution is 2.52. The number of ketones is 1.